The lowest BCUT2D eigenvalue weighted by atomic mass is 10.2. The molecule has 24 heavy (non-hydrogen) atoms. The number of ether oxygens (including phenoxy) is 1. The van der Waals surface area contributed by atoms with Gasteiger partial charge >= 0.3 is 0 Å². The summed E-state index contributed by atoms with van der Waals surface area (Å²) >= 11 is 13.2. The molecule has 0 bridgehead atoms. The molecule has 1 N–H and O–H groups in total. The molecule has 122 valence electrons. The SMILES string of the molecule is COc1cccc(-c2csc(NC(=O)c3cc(Cl)cc(Cl)c3)n2)c1. The largest absolute Gasteiger partial charge is 0.497 e. The lowest BCUT2D eigenvalue weighted by Crippen LogP contribution is -2.11. The highest BCUT2D eigenvalue weighted by Gasteiger charge is 2.12. The molecule has 3 rings (SSSR count). The number of thiazole rings is 1. The van der Waals surface area contributed by atoms with Crippen molar-refractivity contribution < 1.29 is 9.53 Å². The number of carbonyl (C=O) groups excluding carboxylic acids is 1. The highest BCUT2D eigenvalue weighted by atomic mass is 35.5. The first-order valence-electron chi connectivity index (χ1n) is 6.92. The van der Waals surface area contributed by atoms with Crippen molar-refractivity contribution in [3.8, 4) is 17.0 Å². The number of carbonyl (C=O) groups is 1. The number of hydrogen-bond donors (Lipinski definition) is 1. The zero-order valence-corrected chi connectivity index (χ0v) is 14.9. The van der Waals surface area contributed by atoms with Gasteiger partial charge in [-0.1, -0.05) is 35.3 Å². The number of nitrogens with one attached hydrogen (secondary N) is 1. The fourth-order valence-corrected chi connectivity index (χ4v) is 3.34. The first-order chi connectivity index (χ1) is 11.5. The van der Waals surface area contributed by atoms with Gasteiger partial charge in [0.05, 0.1) is 12.8 Å². The summed E-state index contributed by atoms with van der Waals surface area (Å²) in [6.07, 6.45) is 0. The van der Waals surface area contributed by atoms with E-state index in [1.165, 1.54) is 11.3 Å². The van der Waals surface area contributed by atoms with E-state index >= 15 is 0 Å². The minimum Gasteiger partial charge on any atom is -0.497 e. The van der Waals surface area contributed by atoms with Crippen molar-refractivity contribution in [3.63, 3.8) is 0 Å². The van der Waals surface area contributed by atoms with Crippen molar-refractivity contribution in [2.75, 3.05) is 12.4 Å². The Morgan fingerprint density at radius 2 is 1.92 bits per heavy atom. The third-order valence-corrected chi connectivity index (χ3v) is 4.41. The number of hydrogen-bond acceptors (Lipinski definition) is 4. The third kappa shape index (κ3) is 3.87. The van der Waals surface area contributed by atoms with Crippen molar-refractivity contribution in [2.24, 2.45) is 0 Å². The molecule has 0 aliphatic carbocycles. The van der Waals surface area contributed by atoms with Gasteiger partial charge in [-0.3, -0.25) is 10.1 Å². The van der Waals surface area contributed by atoms with Gasteiger partial charge in [-0.05, 0) is 30.3 Å². The molecule has 4 nitrogen and oxygen atoms in total. The summed E-state index contributed by atoms with van der Waals surface area (Å²) in [5.74, 6) is 0.436. The van der Waals surface area contributed by atoms with Crippen molar-refractivity contribution in [1.82, 2.24) is 4.98 Å². The first kappa shape index (κ1) is 16.8. The molecule has 1 heterocycles. The number of benzene rings is 2. The van der Waals surface area contributed by atoms with E-state index in [-0.39, 0.29) is 5.91 Å². The number of amides is 1. The first-order valence-corrected chi connectivity index (χ1v) is 8.56. The Morgan fingerprint density at radius 1 is 1.17 bits per heavy atom. The highest BCUT2D eigenvalue weighted by molar-refractivity contribution is 7.14. The predicted octanol–water partition coefficient (Wildman–Crippen LogP) is 5.38. The fraction of sp³-hybridized carbons (Fsp3) is 0.0588. The van der Waals surface area contributed by atoms with Crippen LogP contribution in [0.3, 0.4) is 0 Å². The maximum absolute atomic E-state index is 12.3. The Kier molecular flexibility index (Phi) is 5.04. The van der Waals surface area contributed by atoms with Gasteiger partial charge in [0.1, 0.15) is 5.75 Å². The quantitative estimate of drug-likeness (QED) is 0.662. The molecular weight excluding hydrogens is 367 g/mol. The molecule has 0 saturated heterocycles. The normalized spacial score (nSPS) is 10.5. The third-order valence-electron chi connectivity index (χ3n) is 3.21. The van der Waals surface area contributed by atoms with Crippen LogP contribution in [0.25, 0.3) is 11.3 Å². The fourth-order valence-electron chi connectivity index (χ4n) is 2.10. The smallest absolute Gasteiger partial charge is 0.257 e. The van der Waals surface area contributed by atoms with Crippen molar-refractivity contribution in [2.45, 2.75) is 0 Å². The van der Waals surface area contributed by atoms with E-state index in [1.54, 1.807) is 25.3 Å². The lowest BCUT2D eigenvalue weighted by Gasteiger charge is -2.03. The monoisotopic (exact) mass is 378 g/mol. The van der Waals surface area contributed by atoms with E-state index in [2.05, 4.69) is 10.3 Å². The number of halogens is 2. The van der Waals surface area contributed by atoms with E-state index < -0.39 is 0 Å². The summed E-state index contributed by atoms with van der Waals surface area (Å²) in [5.41, 5.74) is 2.06. The molecule has 0 aliphatic heterocycles. The molecule has 0 aliphatic rings. The van der Waals surface area contributed by atoms with Crippen LogP contribution >= 0.6 is 34.5 Å². The van der Waals surface area contributed by atoms with E-state index in [9.17, 15) is 4.79 Å². The van der Waals surface area contributed by atoms with E-state index in [0.29, 0.717) is 20.7 Å². The Hall–Kier alpha value is -2.08. The van der Waals surface area contributed by atoms with E-state index in [0.717, 1.165) is 17.0 Å². The summed E-state index contributed by atoms with van der Waals surface area (Å²) in [5, 5.41) is 5.93. The van der Waals surface area contributed by atoms with Gasteiger partial charge in [-0.25, -0.2) is 4.98 Å². The van der Waals surface area contributed by atoms with E-state index in [1.807, 2.05) is 29.6 Å². The predicted molar refractivity (Wildman–Crippen MR) is 98.5 cm³/mol. The van der Waals surface area contributed by atoms with E-state index in [4.69, 9.17) is 27.9 Å². The molecule has 7 heteroatoms. The minimum absolute atomic E-state index is 0.314. The average Bonchev–Trinajstić information content (AvgIpc) is 3.02. The van der Waals surface area contributed by atoms with Crippen LogP contribution in [0.5, 0.6) is 5.75 Å². The standard InChI is InChI=1S/C17H12Cl2N2O2S/c1-23-14-4-2-3-10(7-14)15-9-24-17(20-15)21-16(22)11-5-12(18)8-13(19)6-11/h2-9H,1H3,(H,20,21,22). The van der Waals surface area contributed by atoms with Crippen LogP contribution in [0.2, 0.25) is 10.0 Å². The molecule has 1 aromatic heterocycles. The van der Waals surface area contributed by atoms with Gasteiger partial charge in [0.25, 0.3) is 5.91 Å². The molecular formula is C17H12Cl2N2O2S. The molecule has 0 unspecified atom stereocenters. The van der Waals surface area contributed by atoms with Crippen molar-refractivity contribution in [3.05, 3.63) is 63.5 Å². The number of anilines is 1. The Balaban J connectivity index is 1.79. The van der Waals surface area contributed by atoms with Gasteiger partial charge in [-0.15, -0.1) is 11.3 Å². The summed E-state index contributed by atoms with van der Waals surface area (Å²) in [6, 6.07) is 12.3. The van der Waals surface area contributed by atoms with Crippen LogP contribution < -0.4 is 10.1 Å². The second kappa shape index (κ2) is 7.21. The zero-order chi connectivity index (χ0) is 17.1. The number of aromatic nitrogens is 1. The lowest BCUT2D eigenvalue weighted by molar-refractivity contribution is 0.102. The molecule has 3 aromatic rings. The Morgan fingerprint density at radius 3 is 2.62 bits per heavy atom. The van der Waals surface area contributed by atoms with Gasteiger partial charge < -0.3 is 4.74 Å². The number of rotatable bonds is 4. The van der Waals surface area contributed by atoms with Crippen LogP contribution in [0.4, 0.5) is 5.13 Å². The second-order valence-electron chi connectivity index (χ2n) is 4.88. The maximum atomic E-state index is 12.3. The molecule has 0 fully saturated rings. The summed E-state index contributed by atoms with van der Waals surface area (Å²) < 4.78 is 5.21. The Labute approximate surface area is 153 Å². The van der Waals surface area contributed by atoms with Crippen molar-refractivity contribution in [1.29, 1.82) is 0 Å². The Bertz CT molecular complexity index is 876. The molecule has 1 amide bonds. The second-order valence-corrected chi connectivity index (χ2v) is 6.61. The van der Waals surface area contributed by atoms with Gasteiger partial charge in [0, 0.05) is 26.6 Å². The maximum Gasteiger partial charge on any atom is 0.257 e. The van der Waals surface area contributed by atoms with Gasteiger partial charge in [0.2, 0.25) is 0 Å². The number of methoxy groups -OCH3 is 1. The average molecular weight is 379 g/mol. The van der Waals surface area contributed by atoms with Crippen LogP contribution in [0.15, 0.2) is 47.8 Å². The topological polar surface area (TPSA) is 51.2 Å². The molecule has 0 saturated carbocycles. The molecule has 0 radical (unpaired) electrons. The van der Waals surface area contributed by atoms with Crippen LogP contribution in [-0.2, 0) is 0 Å². The van der Waals surface area contributed by atoms with Crippen LogP contribution in [0.1, 0.15) is 10.4 Å². The van der Waals surface area contributed by atoms with Gasteiger partial charge in [-0.2, -0.15) is 0 Å². The molecule has 0 spiro atoms. The number of nitrogens with zero attached hydrogens (tertiary/aromatic N) is 1. The minimum atomic E-state index is -0.314. The summed E-state index contributed by atoms with van der Waals surface area (Å²) in [4.78, 5) is 16.7. The molecule has 2 aromatic carbocycles. The zero-order valence-electron chi connectivity index (χ0n) is 12.5. The summed E-state index contributed by atoms with van der Waals surface area (Å²) in [6.45, 7) is 0. The van der Waals surface area contributed by atoms with Crippen molar-refractivity contribution >= 4 is 45.6 Å². The van der Waals surface area contributed by atoms with Crippen LogP contribution in [0, 0.1) is 0 Å². The van der Waals surface area contributed by atoms with Crippen LogP contribution in [-0.4, -0.2) is 18.0 Å². The molecule has 0 atom stereocenters. The van der Waals surface area contributed by atoms with Gasteiger partial charge in [0.15, 0.2) is 5.13 Å². The summed E-state index contributed by atoms with van der Waals surface area (Å²) in [7, 11) is 1.61. The highest BCUT2D eigenvalue weighted by Crippen LogP contribution is 2.28.